The summed E-state index contributed by atoms with van der Waals surface area (Å²) in [6.45, 7) is 4.34. The highest BCUT2D eigenvalue weighted by Crippen LogP contribution is 2.38. The third-order valence-corrected chi connectivity index (χ3v) is 5.24. The summed E-state index contributed by atoms with van der Waals surface area (Å²) in [4.78, 5) is 0. The van der Waals surface area contributed by atoms with Crippen LogP contribution in [-0.2, 0) is 0 Å². The molecule has 0 atom stereocenters. The Morgan fingerprint density at radius 1 is 0.593 bits per heavy atom. The number of benzene rings is 4. The van der Waals surface area contributed by atoms with E-state index in [2.05, 4.69) is 109 Å². The Balaban J connectivity index is 1.97. The minimum absolute atomic E-state index is 1.19. The molecule has 130 valence electrons. The maximum atomic E-state index is 2.40. The van der Waals surface area contributed by atoms with E-state index in [-0.39, 0.29) is 0 Å². The van der Waals surface area contributed by atoms with Crippen molar-refractivity contribution in [1.82, 2.24) is 4.57 Å². The van der Waals surface area contributed by atoms with E-state index < -0.39 is 0 Å². The zero-order valence-corrected chi connectivity index (χ0v) is 15.6. The van der Waals surface area contributed by atoms with Crippen LogP contribution in [0.5, 0.6) is 0 Å². The van der Waals surface area contributed by atoms with Crippen LogP contribution in [-0.4, -0.2) is 4.57 Å². The maximum Gasteiger partial charge on any atom is 0.0619 e. The molecule has 5 aromatic rings. The molecule has 0 unspecified atom stereocenters. The molecule has 0 radical (unpaired) electrons. The van der Waals surface area contributed by atoms with Gasteiger partial charge in [0.15, 0.2) is 0 Å². The van der Waals surface area contributed by atoms with E-state index in [1.807, 2.05) is 0 Å². The normalized spacial score (nSPS) is 11.3. The lowest BCUT2D eigenvalue weighted by molar-refractivity contribution is 1.18. The summed E-state index contributed by atoms with van der Waals surface area (Å²) in [6, 6.07) is 32.8. The van der Waals surface area contributed by atoms with Crippen LogP contribution in [0.3, 0.4) is 0 Å². The fraction of sp³-hybridized carbons (Fsp3) is 0.0769. The molecule has 0 saturated heterocycles. The van der Waals surface area contributed by atoms with E-state index in [1.54, 1.807) is 0 Å². The largest absolute Gasteiger partial charge is 0.309 e. The molecule has 0 N–H and O–H groups in total. The van der Waals surface area contributed by atoms with E-state index in [0.29, 0.717) is 0 Å². The van der Waals surface area contributed by atoms with Crippen molar-refractivity contribution >= 4 is 21.8 Å². The first kappa shape index (κ1) is 15.9. The van der Waals surface area contributed by atoms with E-state index >= 15 is 0 Å². The summed E-state index contributed by atoms with van der Waals surface area (Å²) >= 11 is 0. The quantitative estimate of drug-likeness (QED) is 0.322. The molecule has 0 aliphatic heterocycles. The molecule has 1 nitrogen and oxygen atoms in total. The van der Waals surface area contributed by atoms with Crippen LogP contribution >= 0.6 is 0 Å². The number of aryl methyl sites for hydroxylation is 2. The number of fused-ring (bicyclic) bond motifs is 3. The standard InChI is InChI=1S/C26H21N/c1-18-15-19(2)17-20(16-18)22-12-8-13-24-23-11-6-7-14-25(23)27(26(22)24)21-9-4-3-5-10-21/h3-17H,1-2H3. The predicted molar refractivity (Wildman–Crippen MR) is 116 cm³/mol. The number of nitrogens with zero attached hydrogens (tertiary/aromatic N) is 1. The lowest BCUT2D eigenvalue weighted by atomic mass is 9.98. The topological polar surface area (TPSA) is 4.93 Å². The maximum absolute atomic E-state index is 2.40. The van der Waals surface area contributed by atoms with Gasteiger partial charge in [0.2, 0.25) is 0 Å². The fourth-order valence-electron chi connectivity index (χ4n) is 4.23. The molecule has 0 fully saturated rings. The second kappa shape index (κ2) is 6.14. The molecule has 5 rings (SSSR count). The fourth-order valence-corrected chi connectivity index (χ4v) is 4.23. The third-order valence-electron chi connectivity index (χ3n) is 5.24. The number of hydrogen-bond donors (Lipinski definition) is 0. The van der Waals surface area contributed by atoms with Crippen molar-refractivity contribution in [2.75, 3.05) is 0 Å². The van der Waals surface area contributed by atoms with Gasteiger partial charge in [0.25, 0.3) is 0 Å². The number of para-hydroxylation sites is 3. The number of hydrogen-bond acceptors (Lipinski definition) is 0. The van der Waals surface area contributed by atoms with Crippen LogP contribution in [0.15, 0.2) is 91.0 Å². The van der Waals surface area contributed by atoms with Gasteiger partial charge in [0.05, 0.1) is 11.0 Å². The molecular weight excluding hydrogens is 326 g/mol. The Morgan fingerprint density at radius 2 is 1.26 bits per heavy atom. The average molecular weight is 347 g/mol. The van der Waals surface area contributed by atoms with Crippen LogP contribution in [0.2, 0.25) is 0 Å². The summed E-state index contributed by atoms with van der Waals surface area (Å²) < 4.78 is 2.40. The summed E-state index contributed by atoms with van der Waals surface area (Å²) in [5.74, 6) is 0. The third kappa shape index (κ3) is 2.55. The minimum atomic E-state index is 1.19. The molecule has 1 heterocycles. The van der Waals surface area contributed by atoms with Gasteiger partial charge in [-0.05, 0) is 37.6 Å². The predicted octanol–water partition coefficient (Wildman–Crippen LogP) is 7.07. The van der Waals surface area contributed by atoms with Gasteiger partial charge in [0, 0.05) is 22.0 Å². The van der Waals surface area contributed by atoms with Crippen molar-refractivity contribution in [3.05, 3.63) is 102 Å². The van der Waals surface area contributed by atoms with Gasteiger partial charge < -0.3 is 4.57 Å². The molecule has 0 amide bonds. The Morgan fingerprint density at radius 3 is 2.04 bits per heavy atom. The van der Waals surface area contributed by atoms with E-state index in [9.17, 15) is 0 Å². The molecule has 0 saturated carbocycles. The Kier molecular flexibility index (Phi) is 3.61. The lowest BCUT2D eigenvalue weighted by Gasteiger charge is -2.12. The van der Waals surface area contributed by atoms with E-state index in [1.165, 1.54) is 49.7 Å². The molecule has 0 aliphatic rings. The van der Waals surface area contributed by atoms with Crippen LogP contribution in [0.1, 0.15) is 11.1 Å². The summed E-state index contributed by atoms with van der Waals surface area (Å²) in [7, 11) is 0. The molecule has 27 heavy (non-hydrogen) atoms. The van der Waals surface area contributed by atoms with Crippen LogP contribution in [0.25, 0.3) is 38.6 Å². The van der Waals surface area contributed by atoms with Crippen molar-refractivity contribution in [3.63, 3.8) is 0 Å². The molecule has 1 aromatic heterocycles. The van der Waals surface area contributed by atoms with E-state index in [4.69, 9.17) is 0 Å². The first-order valence-electron chi connectivity index (χ1n) is 9.38. The lowest BCUT2D eigenvalue weighted by Crippen LogP contribution is -1.95. The van der Waals surface area contributed by atoms with Gasteiger partial charge in [-0.15, -0.1) is 0 Å². The van der Waals surface area contributed by atoms with Gasteiger partial charge in [-0.3, -0.25) is 0 Å². The van der Waals surface area contributed by atoms with Crippen LogP contribution in [0, 0.1) is 13.8 Å². The van der Waals surface area contributed by atoms with E-state index in [0.717, 1.165) is 0 Å². The smallest absolute Gasteiger partial charge is 0.0619 e. The van der Waals surface area contributed by atoms with Crippen molar-refractivity contribution in [1.29, 1.82) is 0 Å². The van der Waals surface area contributed by atoms with Crippen molar-refractivity contribution in [2.45, 2.75) is 13.8 Å². The first-order chi connectivity index (χ1) is 13.2. The summed E-state index contributed by atoms with van der Waals surface area (Å²) in [6.07, 6.45) is 0. The summed E-state index contributed by atoms with van der Waals surface area (Å²) in [5, 5.41) is 2.59. The second-order valence-electron chi connectivity index (χ2n) is 7.27. The SMILES string of the molecule is Cc1cc(C)cc(-c2cccc3c4ccccc4n(-c4ccccc4)c23)c1. The molecule has 1 heteroatoms. The minimum Gasteiger partial charge on any atom is -0.309 e. The monoisotopic (exact) mass is 347 g/mol. The molecule has 0 bridgehead atoms. The molecule has 0 aliphatic carbocycles. The zero-order chi connectivity index (χ0) is 18.4. The van der Waals surface area contributed by atoms with Gasteiger partial charge in [-0.2, -0.15) is 0 Å². The van der Waals surface area contributed by atoms with Gasteiger partial charge in [-0.25, -0.2) is 0 Å². The molecule has 0 spiro atoms. The van der Waals surface area contributed by atoms with Gasteiger partial charge in [0.1, 0.15) is 0 Å². The van der Waals surface area contributed by atoms with Crippen LogP contribution in [0.4, 0.5) is 0 Å². The van der Waals surface area contributed by atoms with Crippen molar-refractivity contribution in [3.8, 4) is 16.8 Å². The first-order valence-corrected chi connectivity index (χ1v) is 9.38. The Hall–Kier alpha value is -3.32. The van der Waals surface area contributed by atoms with Crippen molar-refractivity contribution in [2.24, 2.45) is 0 Å². The Bertz CT molecular complexity index is 1260. The number of rotatable bonds is 2. The average Bonchev–Trinajstić information content (AvgIpc) is 3.02. The highest BCUT2D eigenvalue weighted by Gasteiger charge is 2.16. The highest BCUT2D eigenvalue weighted by molar-refractivity contribution is 6.13. The van der Waals surface area contributed by atoms with Gasteiger partial charge in [-0.1, -0.05) is 83.9 Å². The Labute approximate surface area is 159 Å². The van der Waals surface area contributed by atoms with Crippen molar-refractivity contribution < 1.29 is 0 Å². The van der Waals surface area contributed by atoms with Gasteiger partial charge >= 0.3 is 0 Å². The molecular formula is C26H21N. The highest BCUT2D eigenvalue weighted by atomic mass is 15.0. The molecule has 4 aromatic carbocycles. The second-order valence-corrected chi connectivity index (χ2v) is 7.27. The zero-order valence-electron chi connectivity index (χ0n) is 15.6. The van der Waals surface area contributed by atoms with Crippen LogP contribution < -0.4 is 0 Å². The summed E-state index contributed by atoms with van der Waals surface area (Å²) in [5.41, 5.74) is 8.86. The number of aromatic nitrogens is 1.